The van der Waals surface area contributed by atoms with E-state index in [9.17, 15) is 0 Å². The Kier molecular flexibility index (Phi) is 24.7. The van der Waals surface area contributed by atoms with Crippen molar-refractivity contribution in [2.75, 3.05) is 0 Å². The number of hydrogen-bond acceptors (Lipinski definition) is 0. The van der Waals surface area contributed by atoms with Gasteiger partial charge in [0.1, 0.15) is 0 Å². The van der Waals surface area contributed by atoms with E-state index < -0.39 is 0 Å². The fourth-order valence-electron chi connectivity index (χ4n) is 5.31. The third kappa shape index (κ3) is 15.5. The van der Waals surface area contributed by atoms with Gasteiger partial charge in [0.25, 0.3) is 0 Å². The number of hydrogen-bond donors (Lipinski definition) is 0. The minimum absolute atomic E-state index is 0. The van der Waals surface area contributed by atoms with E-state index in [2.05, 4.69) is 169 Å². The normalized spacial score (nSPS) is 9.76. The van der Waals surface area contributed by atoms with Crippen LogP contribution < -0.4 is 0 Å². The molecule has 0 fully saturated rings. The Morgan fingerprint density at radius 3 is 0.882 bits per heavy atom. The molecule has 3 heteroatoms. The molecule has 0 N–H and O–H groups in total. The van der Waals surface area contributed by atoms with Gasteiger partial charge < -0.3 is 0 Å². The molecule has 0 amide bonds. The Morgan fingerprint density at radius 1 is 0.333 bits per heavy atom. The van der Waals surface area contributed by atoms with E-state index in [4.69, 9.17) is 0 Å². The van der Waals surface area contributed by atoms with Gasteiger partial charge >= 0.3 is 0 Å². The minimum Gasteiger partial charge on any atom is -0.226 e. The molecule has 0 unspecified atom stereocenters. The molecule has 255 valence electrons. The van der Waals surface area contributed by atoms with Crippen LogP contribution in [0.15, 0.2) is 109 Å². The van der Waals surface area contributed by atoms with Crippen molar-refractivity contribution in [2.24, 2.45) is 0 Å². The second kappa shape index (κ2) is 26.4. The van der Waals surface area contributed by atoms with Crippen molar-refractivity contribution in [1.82, 2.24) is 0 Å². The van der Waals surface area contributed by atoms with Crippen LogP contribution in [-0.2, 0) is 137 Å². The van der Waals surface area contributed by atoms with Gasteiger partial charge in [-0.1, -0.05) is 41.5 Å². The summed E-state index contributed by atoms with van der Waals surface area (Å²) in [5.74, 6) is 0. The number of rotatable bonds is 9. The molecule has 51 heavy (non-hydrogen) atoms. The molecule has 0 nitrogen and oxygen atoms in total. The largest absolute Gasteiger partial charge is 0.226 e. The predicted molar refractivity (Wildman–Crippen MR) is 205 cm³/mol. The van der Waals surface area contributed by atoms with Gasteiger partial charge in [-0.15, -0.1) is 69.8 Å². The first-order valence-corrected chi connectivity index (χ1v) is 17.6. The van der Waals surface area contributed by atoms with Gasteiger partial charge in [-0.3, -0.25) is 0 Å². The molecule has 0 heterocycles. The van der Waals surface area contributed by atoms with Gasteiger partial charge in [0.05, 0.1) is 0 Å². The Balaban J connectivity index is 0.000000372. The van der Waals surface area contributed by atoms with Crippen molar-refractivity contribution in [2.45, 2.75) is 80.1 Å². The molecule has 0 aromatic heterocycles. The molecule has 6 aromatic rings. The Labute approximate surface area is 385 Å². The molecule has 0 aliphatic carbocycles. The Bertz CT molecular complexity index is 1500. The molecule has 0 bridgehead atoms. The SMILES string of the molecule is CCc1[c-]c(-c2[c-]c(CC)ccc2)ccc1.CCc1[c-]c(-c2[c-]ccc(CC)c2)ccc1.CCc1cc[c-]c(-c2[c-]ccc(CC)c2)c1.[Y].[Y].[Y]. The summed E-state index contributed by atoms with van der Waals surface area (Å²) in [5.41, 5.74) is 14.7. The van der Waals surface area contributed by atoms with Crippen LogP contribution >= 0.6 is 0 Å². The first-order chi connectivity index (χ1) is 23.5. The average molecular weight is 892 g/mol. The second-order valence-corrected chi connectivity index (χ2v) is 11.7. The molecule has 0 atom stereocenters. The molecule has 0 aliphatic heterocycles. The summed E-state index contributed by atoms with van der Waals surface area (Å²) in [5, 5.41) is 0. The molecular weight excluding hydrogens is 843 g/mol. The van der Waals surface area contributed by atoms with Gasteiger partial charge in [0.15, 0.2) is 0 Å². The van der Waals surface area contributed by atoms with Crippen LogP contribution in [0.2, 0.25) is 0 Å². The summed E-state index contributed by atoms with van der Waals surface area (Å²) < 4.78 is 0. The predicted octanol–water partition coefficient (Wildman–Crippen LogP) is 12.2. The monoisotopic (exact) mass is 891 g/mol. The zero-order valence-corrected chi connectivity index (χ0v) is 39.9. The van der Waals surface area contributed by atoms with E-state index in [-0.39, 0.29) is 98.1 Å². The molecule has 6 aromatic carbocycles. The van der Waals surface area contributed by atoms with Crippen molar-refractivity contribution in [1.29, 1.82) is 0 Å². The molecule has 0 aliphatic rings. The van der Waals surface area contributed by atoms with E-state index in [1.807, 2.05) is 18.2 Å². The molecule has 0 spiro atoms. The van der Waals surface area contributed by atoms with E-state index in [0.29, 0.717) is 0 Å². The van der Waals surface area contributed by atoms with Crippen LogP contribution in [0.3, 0.4) is 0 Å². The third-order valence-electron chi connectivity index (χ3n) is 8.40. The summed E-state index contributed by atoms with van der Waals surface area (Å²) in [6.07, 6.45) is 6.28. The number of aryl methyl sites for hydroxylation is 6. The topological polar surface area (TPSA) is 0 Å². The fraction of sp³-hybridized carbons (Fsp3) is 0.250. The Hall–Kier alpha value is -1.37. The first-order valence-electron chi connectivity index (χ1n) is 17.6. The third-order valence-corrected chi connectivity index (χ3v) is 8.40. The van der Waals surface area contributed by atoms with Crippen molar-refractivity contribution in [3.05, 3.63) is 179 Å². The van der Waals surface area contributed by atoms with Crippen LogP contribution in [-0.4, -0.2) is 0 Å². The van der Waals surface area contributed by atoms with Crippen LogP contribution in [0.25, 0.3) is 33.4 Å². The first kappa shape index (κ1) is 47.7. The van der Waals surface area contributed by atoms with E-state index in [1.165, 1.54) is 33.4 Å². The van der Waals surface area contributed by atoms with E-state index >= 15 is 0 Å². The van der Waals surface area contributed by atoms with Crippen molar-refractivity contribution in [3.63, 3.8) is 0 Å². The van der Waals surface area contributed by atoms with Crippen LogP contribution in [0.5, 0.6) is 0 Å². The maximum absolute atomic E-state index is 3.43. The van der Waals surface area contributed by atoms with Crippen LogP contribution in [0.1, 0.15) is 74.9 Å². The zero-order chi connectivity index (χ0) is 34.1. The van der Waals surface area contributed by atoms with Gasteiger partial charge in [0, 0.05) is 98.1 Å². The Morgan fingerprint density at radius 2 is 0.608 bits per heavy atom. The van der Waals surface area contributed by atoms with Crippen molar-refractivity contribution >= 4 is 0 Å². The molecular formula is C48H48Y3-6. The smallest absolute Gasteiger partial charge is 0 e. The summed E-state index contributed by atoms with van der Waals surface area (Å²) >= 11 is 0. The summed E-state index contributed by atoms with van der Waals surface area (Å²) in [6, 6.07) is 58.0. The van der Waals surface area contributed by atoms with Crippen LogP contribution in [0, 0.1) is 36.4 Å². The maximum Gasteiger partial charge on any atom is 0 e. The fourth-order valence-corrected chi connectivity index (χ4v) is 5.31. The zero-order valence-electron chi connectivity index (χ0n) is 31.4. The van der Waals surface area contributed by atoms with E-state index in [0.717, 1.165) is 71.9 Å². The maximum atomic E-state index is 3.43. The van der Waals surface area contributed by atoms with Crippen molar-refractivity contribution in [3.8, 4) is 33.4 Å². The van der Waals surface area contributed by atoms with Gasteiger partial charge in [-0.05, 0) is 38.5 Å². The van der Waals surface area contributed by atoms with Crippen LogP contribution in [0.4, 0.5) is 0 Å². The van der Waals surface area contributed by atoms with Gasteiger partial charge in [-0.2, -0.15) is 109 Å². The minimum atomic E-state index is 0. The van der Waals surface area contributed by atoms with Gasteiger partial charge in [-0.25, -0.2) is 33.4 Å². The van der Waals surface area contributed by atoms with Crippen molar-refractivity contribution < 1.29 is 98.1 Å². The second-order valence-electron chi connectivity index (χ2n) is 11.7. The van der Waals surface area contributed by atoms with E-state index in [1.54, 1.807) is 0 Å². The summed E-state index contributed by atoms with van der Waals surface area (Å²) in [4.78, 5) is 0. The number of benzene rings is 6. The van der Waals surface area contributed by atoms with Gasteiger partial charge in [0.2, 0.25) is 0 Å². The summed E-state index contributed by atoms with van der Waals surface area (Å²) in [6.45, 7) is 13.0. The molecule has 0 saturated heterocycles. The summed E-state index contributed by atoms with van der Waals surface area (Å²) in [7, 11) is 0. The quantitative estimate of drug-likeness (QED) is 0.127. The molecule has 3 radical (unpaired) electrons. The average Bonchev–Trinajstić information content (AvgIpc) is 3.18. The standard InChI is InChI=1S/3C16H16.3Y/c3*1-3-13-7-5-9-15(11-13)16-10-6-8-14(4-2)12-16;;;/h5-8,11-12H,3-4H2,1-2H3;5-9,12H,3-4H2,1-2H3;5-10H,3-4H2,1-2H3;;;/q3*-2;;;. The molecule has 6 rings (SSSR count). The molecule has 0 saturated carbocycles.